The highest BCUT2D eigenvalue weighted by molar-refractivity contribution is 5.93. The molecule has 0 bridgehead atoms. The maximum atomic E-state index is 13.2. The number of aromatic amines is 1. The van der Waals surface area contributed by atoms with E-state index in [0.717, 1.165) is 12.2 Å². The van der Waals surface area contributed by atoms with Gasteiger partial charge in [0, 0.05) is 32.3 Å². The van der Waals surface area contributed by atoms with E-state index in [2.05, 4.69) is 15.1 Å². The standard InChI is InChI=1S/C21H30N4O3/c1-27-13-11-25(15-16-6-4-10-24-9-3-2-7-19(16)24)21(26)18-14-17(22-23-18)20-8-5-12-28-20/h5,8,12,14,16,19H,2-4,6-7,9-11,13,15H2,1H3,(H,22,23)/t16-,19-/m1/s1. The molecule has 2 aliphatic heterocycles. The predicted octanol–water partition coefficient (Wildman–Crippen LogP) is 3.02. The molecule has 0 unspecified atom stereocenters. The van der Waals surface area contributed by atoms with E-state index in [-0.39, 0.29) is 5.91 Å². The van der Waals surface area contributed by atoms with Crippen LogP contribution in [0.2, 0.25) is 0 Å². The molecule has 1 N–H and O–H groups in total. The summed E-state index contributed by atoms with van der Waals surface area (Å²) in [7, 11) is 1.68. The number of furan rings is 1. The number of nitrogens with one attached hydrogen (secondary N) is 1. The molecule has 1 amide bonds. The summed E-state index contributed by atoms with van der Waals surface area (Å²) in [4.78, 5) is 17.8. The first-order valence-electron chi connectivity index (χ1n) is 10.4. The van der Waals surface area contributed by atoms with Crippen LogP contribution >= 0.6 is 0 Å². The summed E-state index contributed by atoms with van der Waals surface area (Å²) < 4.78 is 10.7. The lowest BCUT2D eigenvalue weighted by Crippen LogP contribution is -2.52. The Hall–Kier alpha value is -2.12. The van der Waals surface area contributed by atoms with E-state index in [0.29, 0.717) is 36.6 Å². The molecule has 2 aromatic heterocycles. The Morgan fingerprint density at radius 3 is 3.07 bits per heavy atom. The SMILES string of the molecule is COCCN(C[C@H]1CCCN2CCCC[C@H]12)C(=O)c1cc(-c2ccco2)[nH]n1. The average Bonchev–Trinajstić information content (AvgIpc) is 3.42. The van der Waals surface area contributed by atoms with Crippen molar-refractivity contribution in [3.8, 4) is 11.5 Å². The number of rotatable bonds is 7. The molecule has 7 nitrogen and oxygen atoms in total. The fourth-order valence-corrected chi connectivity index (χ4v) is 4.70. The molecule has 2 aliphatic rings. The number of methoxy groups -OCH3 is 1. The number of ether oxygens (including phenoxy) is 1. The van der Waals surface area contributed by atoms with E-state index in [1.54, 1.807) is 19.4 Å². The molecule has 0 spiro atoms. The Kier molecular flexibility index (Phi) is 6.12. The summed E-state index contributed by atoms with van der Waals surface area (Å²) in [5.41, 5.74) is 1.15. The minimum atomic E-state index is -0.0426. The van der Waals surface area contributed by atoms with Crippen molar-refractivity contribution in [2.75, 3.05) is 39.9 Å². The number of H-pyrrole nitrogens is 1. The molecule has 4 heterocycles. The normalized spacial score (nSPS) is 22.8. The Balaban J connectivity index is 1.48. The maximum absolute atomic E-state index is 13.2. The molecule has 0 aliphatic carbocycles. The lowest BCUT2D eigenvalue weighted by molar-refractivity contribution is 0.0313. The molecule has 0 saturated carbocycles. The minimum Gasteiger partial charge on any atom is -0.463 e. The van der Waals surface area contributed by atoms with Gasteiger partial charge in [0.1, 0.15) is 5.69 Å². The van der Waals surface area contributed by atoms with Crippen molar-refractivity contribution in [3.63, 3.8) is 0 Å². The van der Waals surface area contributed by atoms with Gasteiger partial charge in [0.2, 0.25) is 0 Å². The molecular formula is C21H30N4O3. The van der Waals surface area contributed by atoms with E-state index in [1.165, 1.54) is 45.2 Å². The molecule has 152 valence electrons. The first kappa shape index (κ1) is 19.2. The summed E-state index contributed by atoms with van der Waals surface area (Å²) in [5.74, 6) is 1.16. The van der Waals surface area contributed by atoms with Crippen molar-refractivity contribution in [2.45, 2.75) is 38.1 Å². The van der Waals surface area contributed by atoms with Crippen molar-refractivity contribution in [2.24, 2.45) is 5.92 Å². The van der Waals surface area contributed by atoms with Gasteiger partial charge in [0.05, 0.1) is 12.9 Å². The van der Waals surface area contributed by atoms with Crippen LogP contribution in [0.4, 0.5) is 0 Å². The van der Waals surface area contributed by atoms with Gasteiger partial charge >= 0.3 is 0 Å². The predicted molar refractivity (Wildman–Crippen MR) is 106 cm³/mol. The van der Waals surface area contributed by atoms with Gasteiger partial charge in [-0.15, -0.1) is 0 Å². The zero-order chi connectivity index (χ0) is 19.3. The number of amides is 1. The third-order valence-electron chi connectivity index (χ3n) is 6.12. The van der Waals surface area contributed by atoms with E-state index in [4.69, 9.17) is 9.15 Å². The zero-order valence-electron chi connectivity index (χ0n) is 16.6. The lowest BCUT2D eigenvalue weighted by atomic mass is 9.83. The van der Waals surface area contributed by atoms with Gasteiger partial charge in [0.15, 0.2) is 11.5 Å². The van der Waals surface area contributed by atoms with Crippen LogP contribution in [0.3, 0.4) is 0 Å². The zero-order valence-corrected chi connectivity index (χ0v) is 16.6. The molecule has 7 heteroatoms. The molecule has 2 fully saturated rings. The van der Waals surface area contributed by atoms with Crippen molar-refractivity contribution < 1.29 is 13.9 Å². The Bertz CT molecular complexity index is 756. The van der Waals surface area contributed by atoms with Crippen LogP contribution in [-0.2, 0) is 4.74 Å². The molecule has 2 atom stereocenters. The van der Waals surface area contributed by atoms with Crippen LogP contribution in [0, 0.1) is 5.92 Å². The van der Waals surface area contributed by atoms with Gasteiger partial charge in [-0.1, -0.05) is 6.42 Å². The third-order valence-corrected chi connectivity index (χ3v) is 6.12. The van der Waals surface area contributed by atoms with Gasteiger partial charge in [-0.25, -0.2) is 0 Å². The highest BCUT2D eigenvalue weighted by atomic mass is 16.5. The van der Waals surface area contributed by atoms with Crippen LogP contribution in [0.5, 0.6) is 0 Å². The fourth-order valence-electron chi connectivity index (χ4n) is 4.70. The van der Waals surface area contributed by atoms with Crippen molar-refractivity contribution >= 4 is 5.91 Å². The van der Waals surface area contributed by atoms with Crippen LogP contribution in [-0.4, -0.2) is 71.8 Å². The largest absolute Gasteiger partial charge is 0.463 e. The smallest absolute Gasteiger partial charge is 0.274 e. The van der Waals surface area contributed by atoms with Crippen LogP contribution in [0.25, 0.3) is 11.5 Å². The van der Waals surface area contributed by atoms with Gasteiger partial charge < -0.3 is 19.0 Å². The second-order valence-electron chi connectivity index (χ2n) is 7.89. The van der Waals surface area contributed by atoms with E-state index in [9.17, 15) is 4.79 Å². The molecule has 28 heavy (non-hydrogen) atoms. The highest BCUT2D eigenvalue weighted by Crippen LogP contribution is 2.31. The number of nitrogens with zero attached hydrogens (tertiary/aromatic N) is 3. The van der Waals surface area contributed by atoms with Gasteiger partial charge in [-0.2, -0.15) is 5.10 Å². The number of hydrogen-bond donors (Lipinski definition) is 1. The topological polar surface area (TPSA) is 74.6 Å². The van der Waals surface area contributed by atoms with Crippen LogP contribution in [0.15, 0.2) is 28.9 Å². The molecule has 2 saturated heterocycles. The van der Waals surface area contributed by atoms with Gasteiger partial charge in [-0.3, -0.25) is 9.89 Å². The van der Waals surface area contributed by atoms with Crippen LogP contribution < -0.4 is 0 Å². The summed E-state index contributed by atoms with van der Waals surface area (Å²) in [6.45, 7) is 4.30. The van der Waals surface area contributed by atoms with E-state index < -0.39 is 0 Å². The molecular weight excluding hydrogens is 356 g/mol. The van der Waals surface area contributed by atoms with E-state index >= 15 is 0 Å². The van der Waals surface area contributed by atoms with E-state index in [1.807, 2.05) is 17.0 Å². The Morgan fingerprint density at radius 1 is 1.36 bits per heavy atom. The molecule has 0 aromatic carbocycles. The second kappa shape index (κ2) is 8.92. The first-order chi connectivity index (χ1) is 13.8. The average molecular weight is 386 g/mol. The summed E-state index contributed by atoms with van der Waals surface area (Å²) >= 11 is 0. The third kappa shape index (κ3) is 4.15. The molecule has 0 radical (unpaired) electrons. The molecule has 2 aromatic rings. The maximum Gasteiger partial charge on any atom is 0.274 e. The molecule has 4 rings (SSSR count). The number of carbonyl (C=O) groups is 1. The number of fused-ring (bicyclic) bond motifs is 1. The first-order valence-corrected chi connectivity index (χ1v) is 10.4. The monoisotopic (exact) mass is 386 g/mol. The second-order valence-corrected chi connectivity index (χ2v) is 7.89. The Labute approximate surface area is 166 Å². The van der Waals surface area contributed by atoms with Gasteiger partial charge in [-0.05, 0) is 56.8 Å². The van der Waals surface area contributed by atoms with Crippen molar-refractivity contribution in [1.82, 2.24) is 20.0 Å². The number of piperidine rings is 2. The van der Waals surface area contributed by atoms with Crippen molar-refractivity contribution in [1.29, 1.82) is 0 Å². The minimum absolute atomic E-state index is 0.0426. The summed E-state index contributed by atoms with van der Waals surface area (Å²) in [6.07, 6.45) is 7.88. The van der Waals surface area contributed by atoms with Crippen molar-refractivity contribution in [3.05, 3.63) is 30.2 Å². The fraction of sp³-hybridized carbons (Fsp3) is 0.619. The number of hydrogen-bond acceptors (Lipinski definition) is 5. The summed E-state index contributed by atoms with van der Waals surface area (Å²) in [6, 6.07) is 6.05. The highest BCUT2D eigenvalue weighted by Gasteiger charge is 2.35. The number of carbonyl (C=O) groups excluding carboxylic acids is 1. The lowest BCUT2D eigenvalue weighted by Gasteiger charge is -2.45. The Morgan fingerprint density at radius 2 is 2.25 bits per heavy atom. The summed E-state index contributed by atoms with van der Waals surface area (Å²) in [5, 5.41) is 7.17. The number of aromatic nitrogens is 2. The quantitative estimate of drug-likeness (QED) is 0.792. The van der Waals surface area contributed by atoms with Gasteiger partial charge in [0.25, 0.3) is 5.91 Å². The van der Waals surface area contributed by atoms with Crippen LogP contribution in [0.1, 0.15) is 42.6 Å².